The van der Waals surface area contributed by atoms with Crippen molar-refractivity contribution in [3.05, 3.63) is 107 Å². The van der Waals surface area contributed by atoms with Crippen molar-refractivity contribution in [3.8, 4) is 5.75 Å². The standard InChI is InChI=1S/C26H18ClN3O4/c27-22-10-3-4-11-23(22)29-24(31)25(32)30-28-16-17-12-14-19(15-13-17)34-26(33)21-9-5-7-18-6-1-2-8-20(18)21/h1-16H,(H,29,31)(H,30,32)/b28-16+. The second-order valence-electron chi connectivity index (χ2n) is 7.12. The number of nitrogens with one attached hydrogen (secondary N) is 2. The van der Waals surface area contributed by atoms with Crippen LogP contribution in [0.3, 0.4) is 0 Å². The molecule has 0 aliphatic carbocycles. The third kappa shape index (κ3) is 5.46. The highest BCUT2D eigenvalue weighted by Gasteiger charge is 2.14. The minimum absolute atomic E-state index is 0.313. The van der Waals surface area contributed by atoms with E-state index in [-0.39, 0.29) is 0 Å². The summed E-state index contributed by atoms with van der Waals surface area (Å²) in [7, 11) is 0. The molecule has 2 N–H and O–H groups in total. The summed E-state index contributed by atoms with van der Waals surface area (Å²) >= 11 is 5.95. The van der Waals surface area contributed by atoms with E-state index in [4.69, 9.17) is 16.3 Å². The molecule has 0 fully saturated rings. The monoisotopic (exact) mass is 471 g/mol. The molecule has 168 valence electrons. The Kier molecular flexibility index (Phi) is 6.95. The van der Waals surface area contributed by atoms with Crippen LogP contribution in [0, 0.1) is 0 Å². The number of rotatable bonds is 5. The highest BCUT2D eigenvalue weighted by Crippen LogP contribution is 2.21. The molecule has 4 aromatic rings. The Morgan fingerprint density at radius 2 is 1.50 bits per heavy atom. The number of nitrogens with zero attached hydrogens (tertiary/aromatic N) is 1. The van der Waals surface area contributed by atoms with Crippen molar-refractivity contribution in [2.24, 2.45) is 5.10 Å². The Hall–Kier alpha value is -4.49. The first kappa shape index (κ1) is 22.7. The zero-order valence-electron chi connectivity index (χ0n) is 17.7. The van der Waals surface area contributed by atoms with Crippen molar-refractivity contribution in [1.82, 2.24) is 5.43 Å². The number of hydrogen-bond donors (Lipinski definition) is 2. The second kappa shape index (κ2) is 10.4. The van der Waals surface area contributed by atoms with Crippen LogP contribution in [0.5, 0.6) is 5.75 Å². The molecule has 0 spiro atoms. The maximum absolute atomic E-state index is 12.6. The lowest BCUT2D eigenvalue weighted by molar-refractivity contribution is -0.136. The molecule has 4 rings (SSSR count). The Balaban J connectivity index is 1.33. The van der Waals surface area contributed by atoms with E-state index in [0.717, 1.165) is 10.8 Å². The number of carbonyl (C=O) groups excluding carboxylic acids is 3. The lowest BCUT2D eigenvalue weighted by Gasteiger charge is -2.07. The van der Waals surface area contributed by atoms with E-state index in [0.29, 0.717) is 27.6 Å². The molecule has 0 aromatic heterocycles. The van der Waals surface area contributed by atoms with Gasteiger partial charge in [0.2, 0.25) is 0 Å². The maximum Gasteiger partial charge on any atom is 0.344 e. The molecule has 0 aliphatic rings. The van der Waals surface area contributed by atoms with Gasteiger partial charge in [0, 0.05) is 0 Å². The van der Waals surface area contributed by atoms with Gasteiger partial charge in [-0.3, -0.25) is 9.59 Å². The number of fused-ring (bicyclic) bond motifs is 1. The number of carbonyl (C=O) groups is 3. The Morgan fingerprint density at radius 1 is 0.794 bits per heavy atom. The van der Waals surface area contributed by atoms with Crippen LogP contribution in [-0.2, 0) is 9.59 Å². The molecule has 0 bridgehead atoms. The summed E-state index contributed by atoms with van der Waals surface area (Å²) in [6.07, 6.45) is 1.36. The lowest BCUT2D eigenvalue weighted by Crippen LogP contribution is -2.32. The van der Waals surface area contributed by atoms with Crippen LogP contribution in [0.1, 0.15) is 15.9 Å². The van der Waals surface area contributed by atoms with Crippen LogP contribution in [0.4, 0.5) is 5.69 Å². The number of benzene rings is 4. The number of ether oxygens (including phenoxy) is 1. The van der Waals surface area contributed by atoms with Gasteiger partial charge in [0.15, 0.2) is 0 Å². The molecule has 0 radical (unpaired) electrons. The molecule has 7 nitrogen and oxygen atoms in total. The van der Waals surface area contributed by atoms with Crippen molar-refractivity contribution >= 4 is 52.1 Å². The van der Waals surface area contributed by atoms with E-state index in [1.807, 2.05) is 36.4 Å². The van der Waals surface area contributed by atoms with Crippen molar-refractivity contribution in [3.63, 3.8) is 0 Å². The van der Waals surface area contributed by atoms with Gasteiger partial charge in [-0.05, 0) is 58.8 Å². The summed E-state index contributed by atoms with van der Waals surface area (Å²) in [6, 6.07) is 26.1. The van der Waals surface area contributed by atoms with Crippen LogP contribution in [0.25, 0.3) is 10.8 Å². The van der Waals surface area contributed by atoms with Gasteiger partial charge in [-0.15, -0.1) is 0 Å². The van der Waals surface area contributed by atoms with Gasteiger partial charge < -0.3 is 10.1 Å². The van der Waals surface area contributed by atoms with Gasteiger partial charge in [0.25, 0.3) is 0 Å². The number of para-hydroxylation sites is 1. The molecule has 0 atom stereocenters. The van der Waals surface area contributed by atoms with E-state index in [9.17, 15) is 14.4 Å². The van der Waals surface area contributed by atoms with Gasteiger partial charge >= 0.3 is 17.8 Å². The molecule has 0 unspecified atom stereocenters. The minimum atomic E-state index is -0.947. The SMILES string of the molecule is O=C(N/N=C/c1ccc(OC(=O)c2cccc3ccccc23)cc1)C(=O)Nc1ccccc1Cl. The predicted molar refractivity (Wildman–Crippen MR) is 131 cm³/mol. The molecule has 2 amide bonds. The van der Waals surface area contributed by atoms with Crippen molar-refractivity contribution in [2.45, 2.75) is 0 Å². The van der Waals surface area contributed by atoms with Crippen LogP contribution < -0.4 is 15.5 Å². The number of hydrogen-bond acceptors (Lipinski definition) is 5. The lowest BCUT2D eigenvalue weighted by atomic mass is 10.0. The molecule has 8 heteroatoms. The van der Waals surface area contributed by atoms with Crippen molar-refractivity contribution < 1.29 is 19.1 Å². The smallest absolute Gasteiger partial charge is 0.344 e. The van der Waals surface area contributed by atoms with Crippen LogP contribution in [0.2, 0.25) is 5.02 Å². The van der Waals surface area contributed by atoms with E-state index >= 15 is 0 Å². The number of esters is 1. The largest absolute Gasteiger partial charge is 0.423 e. The third-order valence-electron chi connectivity index (χ3n) is 4.81. The summed E-state index contributed by atoms with van der Waals surface area (Å²) in [5, 5.41) is 8.25. The summed E-state index contributed by atoms with van der Waals surface area (Å²) in [5.74, 6) is -1.95. The van der Waals surface area contributed by atoms with E-state index < -0.39 is 17.8 Å². The number of amides is 2. The Morgan fingerprint density at radius 3 is 2.29 bits per heavy atom. The van der Waals surface area contributed by atoms with Gasteiger partial charge in [-0.2, -0.15) is 5.10 Å². The first-order chi connectivity index (χ1) is 16.5. The highest BCUT2D eigenvalue weighted by molar-refractivity contribution is 6.41. The van der Waals surface area contributed by atoms with Gasteiger partial charge in [-0.1, -0.05) is 60.1 Å². The Bertz CT molecular complexity index is 1400. The van der Waals surface area contributed by atoms with Crippen molar-refractivity contribution in [2.75, 3.05) is 5.32 Å². The Labute approximate surface area is 200 Å². The molecule has 4 aromatic carbocycles. The normalized spacial score (nSPS) is 10.7. The minimum Gasteiger partial charge on any atom is -0.423 e. The summed E-state index contributed by atoms with van der Waals surface area (Å²) < 4.78 is 5.49. The molecule has 0 aliphatic heterocycles. The van der Waals surface area contributed by atoms with Crippen LogP contribution in [-0.4, -0.2) is 24.0 Å². The first-order valence-corrected chi connectivity index (χ1v) is 10.6. The van der Waals surface area contributed by atoms with Crippen molar-refractivity contribution in [1.29, 1.82) is 0 Å². The van der Waals surface area contributed by atoms with E-state index in [1.54, 1.807) is 54.6 Å². The van der Waals surface area contributed by atoms with Gasteiger partial charge in [0.05, 0.1) is 22.5 Å². The fourth-order valence-electron chi connectivity index (χ4n) is 3.15. The molecule has 0 saturated carbocycles. The first-order valence-electron chi connectivity index (χ1n) is 10.2. The molecular weight excluding hydrogens is 454 g/mol. The molecule has 0 saturated heterocycles. The van der Waals surface area contributed by atoms with E-state index in [1.165, 1.54) is 6.21 Å². The molecule has 34 heavy (non-hydrogen) atoms. The summed E-state index contributed by atoms with van der Waals surface area (Å²) in [5.41, 5.74) is 3.56. The number of halogens is 1. The zero-order valence-corrected chi connectivity index (χ0v) is 18.5. The quantitative estimate of drug-likeness (QED) is 0.144. The molecule has 0 heterocycles. The average Bonchev–Trinajstić information content (AvgIpc) is 2.86. The zero-order chi connectivity index (χ0) is 23.9. The number of hydrazone groups is 1. The fraction of sp³-hybridized carbons (Fsp3) is 0. The van der Waals surface area contributed by atoms with Gasteiger partial charge in [-0.25, -0.2) is 10.2 Å². The topological polar surface area (TPSA) is 96.9 Å². The predicted octanol–water partition coefficient (Wildman–Crippen LogP) is 4.80. The van der Waals surface area contributed by atoms with E-state index in [2.05, 4.69) is 15.8 Å². The molecular formula is C26H18ClN3O4. The van der Waals surface area contributed by atoms with Gasteiger partial charge in [0.1, 0.15) is 5.75 Å². The van der Waals surface area contributed by atoms with Crippen LogP contribution >= 0.6 is 11.6 Å². The maximum atomic E-state index is 12.6. The fourth-order valence-corrected chi connectivity index (χ4v) is 3.33. The number of anilines is 1. The van der Waals surface area contributed by atoms with Crippen LogP contribution in [0.15, 0.2) is 96.1 Å². The highest BCUT2D eigenvalue weighted by atomic mass is 35.5. The summed E-state index contributed by atoms with van der Waals surface area (Å²) in [6.45, 7) is 0. The second-order valence-corrected chi connectivity index (χ2v) is 7.53. The third-order valence-corrected chi connectivity index (χ3v) is 5.14. The summed E-state index contributed by atoms with van der Waals surface area (Å²) in [4.78, 5) is 36.5. The average molecular weight is 472 g/mol.